The predicted molar refractivity (Wildman–Crippen MR) is 60.8 cm³/mol. The summed E-state index contributed by atoms with van der Waals surface area (Å²) in [5, 5.41) is 11.2. The van der Waals surface area contributed by atoms with Crippen molar-refractivity contribution in [1.29, 1.82) is 0 Å². The summed E-state index contributed by atoms with van der Waals surface area (Å²) in [6.07, 6.45) is 1.33. The Morgan fingerprint density at radius 2 is 2.13 bits per heavy atom. The van der Waals surface area contributed by atoms with E-state index in [2.05, 4.69) is 30.9 Å². The number of hydrogen-bond donors (Lipinski definition) is 2. The van der Waals surface area contributed by atoms with Crippen LogP contribution in [0.3, 0.4) is 0 Å². The molecule has 0 atom stereocenters. The average molecular weight is 264 g/mol. The van der Waals surface area contributed by atoms with Crippen LogP contribution in [0.15, 0.2) is 29.0 Å². The highest BCUT2D eigenvalue weighted by atomic mass is 79.9. The van der Waals surface area contributed by atoms with Crippen LogP contribution in [-0.2, 0) is 0 Å². The van der Waals surface area contributed by atoms with E-state index in [1.54, 1.807) is 0 Å². The highest BCUT2D eigenvalue weighted by Gasteiger charge is 2.11. The number of halogens is 1. The summed E-state index contributed by atoms with van der Waals surface area (Å²) in [6, 6.07) is 5.76. The van der Waals surface area contributed by atoms with Gasteiger partial charge in [0.1, 0.15) is 12.0 Å². The number of hydrogen-bond acceptors (Lipinski definition) is 3. The summed E-state index contributed by atoms with van der Waals surface area (Å²) in [4.78, 5) is 11.0. The number of para-hydroxylation sites is 1. The van der Waals surface area contributed by atoms with Crippen LogP contribution in [0, 0.1) is 0 Å². The van der Waals surface area contributed by atoms with Crippen LogP contribution in [0.5, 0.6) is 5.88 Å². The summed E-state index contributed by atoms with van der Waals surface area (Å²) in [6.45, 7) is 0. The van der Waals surface area contributed by atoms with Gasteiger partial charge in [0.05, 0.1) is 10.9 Å². The maximum atomic E-state index is 9.66. The second-order valence-corrected chi connectivity index (χ2v) is 4.06. The maximum absolute atomic E-state index is 9.66. The molecule has 4 nitrogen and oxygen atoms in total. The first-order valence-corrected chi connectivity index (χ1v) is 5.16. The lowest BCUT2D eigenvalue weighted by Crippen LogP contribution is -1.79. The lowest BCUT2D eigenvalue weighted by Gasteiger charge is -1.93. The fourth-order valence-corrected chi connectivity index (χ4v) is 2.16. The number of aromatic nitrogens is 3. The first kappa shape index (κ1) is 8.67. The fourth-order valence-electron chi connectivity index (χ4n) is 1.70. The molecule has 15 heavy (non-hydrogen) atoms. The molecule has 0 saturated heterocycles. The van der Waals surface area contributed by atoms with E-state index < -0.39 is 0 Å². The van der Waals surface area contributed by atoms with Gasteiger partial charge in [-0.1, -0.05) is 12.1 Å². The van der Waals surface area contributed by atoms with Gasteiger partial charge in [0, 0.05) is 9.86 Å². The molecule has 74 valence electrons. The van der Waals surface area contributed by atoms with E-state index in [1.165, 1.54) is 6.33 Å². The summed E-state index contributed by atoms with van der Waals surface area (Å²) in [5.41, 5.74) is 1.56. The quantitative estimate of drug-likeness (QED) is 0.656. The topological polar surface area (TPSA) is 61.8 Å². The van der Waals surface area contributed by atoms with Crippen LogP contribution < -0.4 is 0 Å². The molecule has 0 aliphatic heterocycles. The minimum absolute atomic E-state index is 0.00403. The van der Waals surface area contributed by atoms with Crippen LogP contribution in [-0.4, -0.2) is 20.1 Å². The lowest BCUT2D eigenvalue weighted by atomic mass is 10.2. The van der Waals surface area contributed by atoms with Crippen molar-refractivity contribution in [1.82, 2.24) is 15.0 Å². The Labute approximate surface area is 93.1 Å². The van der Waals surface area contributed by atoms with Gasteiger partial charge in [-0.2, -0.15) is 0 Å². The monoisotopic (exact) mass is 263 g/mol. The lowest BCUT2D eigenvalue weighted by molar-refractivity contribution is 0.459. The second kappa shape index (κ2) is 2.93. The standard InChI is InChI=1S/C10H6BrN3O/c11-6-3-1-2-5-7-9(14-8(5)6)12-4-13-10(7)15/h1-4H,(H2,12,13,14,15). The third-order valence-corrected chi connectivity index (χ3v) is 3.01. The number of aromatic amines is 1. The van der Waals surface area contributed by atoms with Gasteiger partial charge in [0.25, 0.3) is 0 Å². The van der Waals surface area contributed by atoms with Crippen molar-refractivity contribution in [3.05, 3.63) is 29.0 Å². The molecule has 0 aliphatic carbocycles. The Kier molecular flexibility index (Phi) is 1.70. The number of fused-ring (bicyclic) bond motifs is 3. The summed E-state index contributed by atoms with van der Waals surface area (Å²) < 4.78 is 0.942. The fraction of sp³-hybridized carbons (Fsp3) is 0. The molecular formula is C10H6BrN3O. The summed E-state index contributed by atoms with van der Waals surface area (Å²) >= 11 is 3.44. The van der Waals surface area contributed by atoms with Crippen molar-refractivity contribution in [3.8, 4) is 5.88 Å². The van der Waals surface area contributed by atoms with E-state index in [0.717, 1.165) is 15.4 Å². The molecule has 1 aromatic carbocycles. The van der Waals surface area contributed by atoms with Crippen molar-refractivity contribution in [2.45, 2.75) is 0 Å². The molecule has 0 unspecified atom stereocenters. The third kappa shape index (κ3) is 1.13. The maximum Gasteiger partial charge on any atom is 0.224 e. The summed E-state index contributed by atoms with van der Waals surface area (Å²) in [7, 11) is 0. The van der Waals surface area contributed by atoms with Crippen molar-refractivity contribution in [2.75, 3.05) is 0 Å². The van der Waals surface area contributed by atoms with Gasteiger partial charge in [-0.3, -0.25) is 0 Å². The normalized spacial score (nSPS) is 11.3. The smallest absolute Gasteiger partial charge is 0.224 e. The Morgan fingerprint density at radius 3 is 3.00 bits per heavy atom. The van der Waals surface area contributed by atoms with E-state index in [-0.39, 0.29) is 5.88 Å². The number of benzene rings is 1. The molecule has 0 saturated carbocycles. The predicted octanol–water partition coefficient (Wildman–Crippen LogP) is 2.58. The van der Waals surface area contributed by atoms with E-state index in [1.807, 2.05) is 18.2 Å². The molecule has 0 radical (unpaired) electrons. The van der Waals surface area contributed by atoms with Gasteiger partial charge in [0.15, 0.2) is 0 Å². The van der Waals surface area contributed by atoms with Crippen LogP contribution >= 0.6 is 15.9 Å². The van der Waals surface area contributed by atoms with E-state index in [4.69, 9.17) is 0 Å². The molecule has 3 aromatic rings. The number of nitrogens with zero attached hydrogens (tertiary/aromatic N) is 2. The zero-order valence-electron chi connectivity index (χ0n) is 7.53. The van der Waals surface area contributed by atoms with Crippen LogP contribution in [0.25, 0.3) is 21.9 Å². The largest absolute Gasteiger partial charge is 0.493 e. The number of H-pyrrole nitrogens is 1. The summed E-state index contributed by atoms with van der Waals surface area (Å²) in [5.74, 6) is 0.00403. The molecular weight excluding hydrogens is 258 g/mol. The minimum atomic E-state index is 0.00403. The molecule has 0 bridgehead atoms. The zero-order valence-corrected chi connectivity index (χ0v) is 9.12. The Morgan fingerprint density at radius 1 is 1.27 bits per heavy atom. The number of rotatable bonds is 0. The van der Waals surface area contributed by atoms with E-state index in [9.17, 15) is 5.11 Å². The zero-order chi connectivity index (χ0) is 10.4. The Bertz CT molecular complexity index is 662. The second-order valence-electron chi connectivity index (χ2n) is 3.21. The number of aromatic hydroxyl groups is 1. The van der Waals surface area contributed by atoms with Crippen LogP contribution in [0.1, 0.15) is 0 Å². The molecule has 0 spiro atoms. The molecule has 2 N–H and O–H groups in total. The average Bonchev–Trinajstić information content (AvgIpc) is 2.59. The molecule has 5 heteroatoms. The molecule has 2 aromatic heterocycles. The van der Waals surface area contributed by atoms with Gasteiger partial charge in [-0.15, -0.1) is 0 Å². The van der Waals surface area contributed by atoms with Gasteiger partial charge in [-0.25, -0.2) is 9.97 Å². The van der Waals surface area contributed by atoms with Gasteiger partial charge in [-0.05, 0) is 22.0 Å². The minimum Gasteiger partial charge on any atom is -0.493 e. The first-order chi connectivity index (χ1) is 7.27. The van der Waals surface area contributed by atoms with Crippen molar-refractivity contribution >= 4 is 37.9 Å². The Hall–Kier alpha value is -1.62. The van der Waals surface area contributed by atoms with Crippen molar-refractivity contribution < 1.29 is 5.11 Å². The van der Waals surface area contributed by atoms with Crippen LogP contribution in [0.2, 0.25) is 0 Å². The van der Waals surface area contributed by atoms with Gasteiger partial charge in [0.2, 0.25) is 5.88 Å². The highest BCUT2D eigenvalue weighted by Crippen LogP contribution is 2.32. The molecule has 0 amide bonds. The molecule has 3 rings (SSSR count). The Balaban J connectivity index is 2.65. The van der Waals surface area contributed by atoms with Gasteiger partial charge >= 0.3 is 0 Å². The van der Waals surface area contributed by atoms with Crippen LogP contribution in [0.4, 0.5) is 0 Å². The SMILES string of the molecule is Oc1ncnc2[nH]c3c(Br)cccc3c12. The third-order valence-electron chi connectivity index (χ3n) is 2.35. The molecule has 0 aliphatic rings. The first-order valence-electron chi connectivity index (χ1n) is 4.37. The molecule has 0 fully saturated rings. The van der Waals surface area contributed by atoms with E-state index in [0.29, 0.717) is 11.0 Å². The molecule has 2 heterocycles. The number of nitrogens with one attached hydrogen (secondary N) is 1. The van der Waals surface area contributed by atoms with Crippen molar-refractivity contribution in [2.24, 2.45) is 0 Å². The van der Waals surface area contributed by atoms with E-state index >= 15 is 0 Å². The highest BCUT2D eigenvalue weighted by molar-refractivity contribution is 9.10. The van der Waals surface area contributed by atoms with Crippen molar-refractivity contribution in [3.63, 3.8) is 0 Å². The van der Waals surface area contributed by atoms with Gasteiger partial charge < -0.3 is 10.1 Å².